The normalized spacial score (nSPS) is 18.1. The Hall–Kier alpha value is -0.890. The van der Waals surface area contributed by atoms with Crippen LogP contribution < -0.4 is 10.0 Å². The highest BCUT2D eigenvalue weighted by Gasteiger charge is 2.24. The highest BCUT2D eigenvalue weighted by Crippen LogP contribution is 2.31. The molecule has 0 aromatic carbocycles. The second-order valence-electron chi connectivity index (χ2n) is 4.30. The molecule has 0 amide bonds. The average Bonchev–Trinajstić information content (AvgIpc) is 2.29. The van der Waals surface area contributed by atoms with E-state index in [1.54, 1.807) is 0 Å². The lowest BCUT2D eigenvalue weighted by atomic mass is 10.3. The number of halogens is 1. The summed E-state index contributed by atoms with van der Waals surface area (Å²) in [5.41, 5.74) is 0.460. The van der Waals surface area contributed by atoms with E-state index in [0.29, 0.717) is 23.8 Å². The van der Waals surface area contributed by atoms with Gasteiger partial charge in [0.25, 0.3) is 0 Å². The number of nitrogens with two attached hydrogens (primary N) is 1. The van der Waals surface area contributed by atoms with E-state index in [9.17, 15) is 8.42 Å². The number of hydrogen-bond acceptors (Lipinski definition) is 5. The molecule has 2 heterocycles. The van der Waals surface area contributed by atoms with Crippen LogP contribution >= 0.6 is 11.6 Å². The molecule has 2 N–H and O–H groups in total. The van der Waals surface area contributed by atoms with Crippen molar-refractivity contribution in [3.05, 3.63) is 17.4 Å². The van der Waals surface area contributed by atoms with Gasteiger partial charge in [-0.1, -0.05) is 11.6 Å². The van der Waals surface area contributed by atoms with E-state index in [-0.39, 0.29) is 4.90 Å². The van der Waals surface area contributed by atoms with Crippen LogP contribution in [0.5, 0.6) is 0 Å². The van der Waals surface area contributed by atoms with Crippen LogP contribution in [-0.2, 0) is 10.0 Å². The van der Waals surface area contributed by atoms with E-state index >= 15 is 0 Å². The number of anilines is 1. The SMILES string of the molecule is CN1CCN(c2c(Cl)cncc2S(N)(=O)=O)CC1. The van der Waals surface area contributed by atoms with Gasteiger partial charge < -0.3 is 9.80 Å². The molecule has 2 rings (SSSR count). The molecule has 1 aromatic rings. The molecule has 1 aliphatic rings. The Bertz CT molecular complexity index is 541. The molecule has 6 nitrogen and oxygen atoms in total. The summed E-state index contributed by atoms with van der Waals surface area (Å²) in [6.07, 6.45) is 2.68. The minimum absolute atomic E-state index is 0.0143. The zero-order valence-corrected chi connectivity index (χ0v) is 11.6. The number of aromatic nitrogens is 1. The van der Waals surface area contributed by atoms with Crippen molar-refractivity contribution in [2.45, 2.75) is 4.90 Å². The quantitative estimate of drug-likeness (QED) is 0.838. The summed E-state index contributed by atoms with van der Waals surface area (Å²) in [6.45, 7) is 3.12. The molecule has 100 valence electrons. The number of hydrogen-bond donors (Lipinski definition) is 1. The van der Waals surface area contributed by atoms with Crippen LogP contribution in [-0.4, -0.2) is 51.5 Å². The van der Waals surface area contributed by atoms with Crippen molar-refractivity contribution in [3.63, 3.8) is 0 Å². The molecular formula is C10H15ClN4O2S. The predicted molar refractivity (Wildman–Crippen MR) is 70.3 cm³/mol. The first-order valence-electron chi connectivity index (χ1n) is 5.49. The van der Waals surface area contributed by atoms with Crippen LogP contribution in [0.15, 0.2) is 17.3 Å². The average molecular weight is 291 g/mol. The summed E-state index contributed by atoms with van der Waals surface area (Å²) in [6, 6.07) is 0. The molecule has 0 unspecified atom stereocenters. The first-order chi connectivity index (χ1) is 8.39. The van der Waals surface area contributed by atoms with Crippen molar-refractivity contribution < 1.29 is 8.42 Å². The van der Waals surface area contributed by atoms with Crippen molar-refractivity contribution >= 4 is 27.3 Å². The third-order valence-electron chi connectivity index (χ3n) is 2.97. The largest absolute Gasteiger partial charge is 0.367 e. The van der Waals surface area contributed by atoms with Gasteiger partial charge in [-0.15, -0.1) is 0 Å². The number of piperazine rings is 1. The maximum Gasteiger partial charge on any atom is 0.241 e. The maximum atomic E-state index is 11.6. The second-order valence-corrected chi connectivity index (χ2v) is 6.24. The summed E-state index contributed by atoms with van der Waals surface area (Å²) in [5, 5.41) is 5.51. The first-order valence-corrected chi connectivity index (χ1v) is 7.42. The highest BCUT2D eigenvalue weighted by molar-refractivity contribution is 7.89. The molecule has 18 heavy (non-hydrogen) atoms. The van der Waals surface area contributed by atoms with Gasteiger partial charge in [0.1, 0.15) is 4.90 Å². The Labute approximate surface area is 111 Å². The molecule has 0 bridgehead atoms. The maximum absolute atomic E-state index is 11.6. The minimum atomic E-state index is -3.82. The molecular weight excluding hydrogens is 276 g/mol. The molecule has 1 aliphatic heterocycles. The van der Waals surface area contributed by atoms with Gasteiger partial charge in [0.05, 0.1) is 10.7 Å². The first kappa shape index (κ1) is 13.5. The van der Waals surface area contributed by atoms with Gasteiger partial charge in [0.2, 0.25) is 10.0 Å². The smallest absolute Gasteiger partial charge is 0.241 e. The third-order valence-corrected chi connectivity index (χ3v) is 4.15. The monoisotopic (exact) mass is 290 g/mol. The van der Waals surface area contributed by atoms with E-state index < -0.39 is 10.0 Å². The van der Waals surface area contributed by atoms with Crippen molar-refractivity contribution in [3.8, 4) is 0 Å². The number of nitrogens with zero attached hydrogens (tertiary/aromatic N) is 3. The predicted octanol–water partition coefficient (Wildman–Crippen LogP) is 0.134. The van der Waals surface area contributed by atoms with Crippen LogP contribution in [0.25, 0.3) is 0 Å². The Morgan fingerprint density at radius 2 is 1.89 bits per heavy atom. The topological polar surface area (TPSA) is 79.5 Å². The van der Waals surface area contributed by atoms with Gasteiger partial charge in [-0.2, -0.15) is 0 Å². The lowest BCUT2D eigenvalue weighted by Crippen LogP contribution is -2.45. The molecule has 0 atom stereocenters. The van der Waals surface area contributed by atoms with Gasteiger partial charge in [-0.3, -0.25) is 4.98 Å². The highest BCUT2D eigenvalue weighted by atomic mass is 35.5. The zero-order chi connectivity index (χ0) is 13.3. The Morgan fingerprint density at radius 1 is 1.28 bits per heavy atom. The zero-order valence-electron chi connectivity index (χ0n) is 10.0. The standard InChI is InChI=1S/C10H15ClN4O2S/c1-14-2-4-15(5-3-14)10-8(11)6-13-7-9(10)18(12,16)17/h6-7H,2-5H2,1H3,(H2,12,16,17). The summed E-state index contributed by atoms with van der Waals surface area (Å²) in [4.78, 5) is 7.88. The van der Waals surface area contributed by atoms with Crippen LogP contribution in [0, 0.1) is 0 Å². The van der Waals surface area contributed by atoms with Gasteiger partial charge in [0.15, 0.2) is 0 Å². The number of rotatable bonds is 2. The number of pyridine rings is 1. The van der Waals surface area contributed by atoms with Gasteiger partial charge in [-0.05, 0) is 7.05 Å². The van der Waals surface area contributed by atoms with Gasteiger partial charge >= 0.3 is 0 Å². The van der Waals surface area contributed by atoms with Crippen molar-refractivity contribution in [1.82, 2.24) is 9.88 Å². The van der Waals surface area contributed by atoms with E-state index in [4.69, 9.17) is 16.7 Å². The summed E-state index contributed by atoms with van der Waals surface area (Å²) in [7, 11) is -1.80. The van der Waals surface area contributed by atoms with E-state index in [2.05, 4.69) is 9.88 Å². The van der Waals surface area contributed by atoms with Crippen molar-refractivity contribution in [2.24, 2.45) is 5.14 Å². The van der Waals surface area contributed by atoms with Crippen molar-refractivity contribution in [2.75, 3.05) is 38.1 Å². The molecule has 0 spiro atoms. The van der Waals surface area contributed by atoms with Crippen LogP contribution in [0.3, 0.4) is 0 Å². The molecule has 0 aliphatic carbocycles. The fraction of sp³-hybridized carbons (Fsp3) is 0.500. The molecule has 0 radical (unpaired) electrons. The summed E-state index contributed by atoms with van der Waals surface area (Å²) < 4.78 is 23.1. The van der Waals surface area contributed by atoms with E-state index in [1.807, 2.05) is 11.9 Å². The molecule has 1 aromatic heterocycles. The number of primary sulfonamides is 1. The van der Waals surface area contributed by atoms with Crippen LogP contribution in [0.4, 0.5) is 5.69 Å². The summed E-state index contributed by atoms with van der Waals surface area (Å²) in [5.74, 6) is 0. The number of sulfonamides is 1. The third kappa shape index (κ3) is 2.74. The number of likely N-dealkylation sites (N-methyl/N-ethyl adjacent to an activating group) is 1. The van der Waals surface area contributed by atoms with Crippen molar-refractivity contribution in [1.29, 1.82) is 0 Å². The Kier molecular flexibility index (Phi) is 3.76. The van der Waals surface area contributed by atoms with E-state index in [1.165, 1.54) is 12.4 Å². The lowest BCUT2D eigenvalue weighted by Gasteiger charge is -2.35. The minimum Gasteiger partial charge on any atom is -0.367 e. The Balaban J connectivity index is 2.43. The van der Waals surface area contributed by atoms with E-state index in [0.717, 1.165) is 13.1 Å². The lowest BCUT2D eigenvalue weighted by molar-refractivity contribution is 0.312. The van der Waals surface area contributed by atoms with Crippen LogP contribution in [0.2, 0.25) is 5.02 Å². The van der Waals surface area contributed by atoms with Gasteiger partial charge in [0, 0.05) is 38.6 Å². The Morgan fingerprint density at radius 3 is 2.44 bits per heavy atom. The molecule has 1 fully saturated rings. The molecule has 8 heteroatoms. The second kappa shape index (κ2) is 5.00. The fourth-order valence-electron chi connectivity index (χ4n) is 1.96. The van der Waals surface area contributed by atoms with Crippen LogP contribution in [0.1, 0.15) is 0 Å². The van der Waals surface area contributed by atoms with Gasteiger partial charge in [-0.25, -0.2) is 13.6 Å². The molecule has 1 saturated heterocycles. The molecule has 0 saturated carbocycles. The summed E-state index contributed by atoms with van der Waals surface area (Å²) >= 11 is 6.07. The fourth-order valence-corrected chi connectivity index (χ4v) is 3.01.